The fraction of sp³-hybridized carbons (Fsp3) is 0.700. The smallest absolute Gasteiger partial charge is 0.243 e. The van der Waals surface area contributed by atoms with Crippen molar-refractivity contribution in [1.82, 2.24) is 5.32 Å². The van der Waals surface area contributed by atoms with E-state index in [0.29, 0.717) is 6.04 Å². The molecule has 0 aromatic rings. The minimum Gasteiger partial charge on any atom is -0.350 e. The van der Waals surface area contributed by atoms with Gasteiger partial charge in [0.2, 0.25) is 5.91 Å². The fourth-order valence-corrected chi connectivity index (χ4v) is 1.09. The standard InChI is InChI=1S/C10H19NO/c1-4-7-8-9(5-2)11-10(12)6-3/h6,9H,3-5,7-8H2,1-2H3,(H,11,12). The second-order valence-electron chi connectivity index (χ2n) is 2.96. The predicted molar refractivity (Wildman–Crippen MR) is 51.9 cm³/mol. The zero-order valence-corrected chi connectivity index (χ0v) is 8.10. The van der Waals surface area contributed by atoms with Crippen molar-refractivity contribution in [2.45, 2.75) is 45.6 Å². The molecule has 0 heterocycles. The van der Waals surface area contributed by atoms with Gasteiger partial charge in [0.25, 0.3) is 0 Å². The molecule has 1 N–H and O–H groups in total. The third-order valence-electron chi connectivity index (χ3n) is 1.93. The van der Waals surface area contributed by atoms with Crippen LogP contribution < -0.4 is 5.32 Å². The van der Waals surface area contributed by atoms with Crippen LogP contribution >= 0.6 is 0 Å². The van der Waals surface area contributed by atoms with Crippen molar-refractivity contribution in [1.29, 1.82) is 0 Å². The Hall–Kier alpha value is -0.790. The van der Waals surface area contributed by atoms with Gasteiger partial charge in [0.05, 0.1) is 0 Å². The van der Waals surface area contributed by atoms with E-state index < -0.39 is 0 Å². The van der Waals surface area contributed by atoms with Crippen LogP contribution in [0.4, 0.5) is 0 Å². The summed E-state index contributed by atoms with van der Waals surface area (Å²) < 4.78 is 0. The molecule has 1 unspecified atom stereocenters. The molecule has 70 valence electrons. The van der Waals surface area contributed by atoms with E-state index in [1.54, 1.807) is 0 Å². The van der Waals surface area contributed by atoms with Gasteiger partial charge in [-0.15, -0.1) is 0 Å². The quantitative estimate of drug-likeness (QED) is 0.607. The van der Waals surface area contributed by atoms with Gasteiger partial charge in [0.1, 0.15) is 0 Å². The first-order valence-corrected chi connectivity index (χ1v) is 4.67. The van der Waals surface area contributed by atoms with Crippen LogP contribution in [-0.2, 0) is 4.79 Å². The molecule has 2 heteroatoms. The molecule has 0 bridgehead atoms. The summed E-state index contributed by atoms with van der Waals surface area (Å²) in [5, 5.41) is 2.89. The largest absolute Gasteiger partial charge is 0.350 e. The predicted octanol–water partition coefficient (Wildman–Crippen LogP) is 2.26. The molecular weight excluding hydrogens is 150 g/mol. The van der Waals surface area contributed by atoms with Crippen LogP contribution in [-0.4, -0.2) is 11.9 Å². The summed E-state index contributed by atoms with van der Waals surface area (Å²) in [6, 6.07) is 0.329. The first kappa shape index (κ1) is 11.2. The number of amides is 1. The lowest BCUT2D eigenvalue weighted by atomic mass is 10.1. The molecule has 0 saturated carbocycles. The van der Waals surface area contributed by atoms with Crippen LogP contribution in [0.15, 0.2) is 12.7 Å². The van der Waals surface area contributed by atoms with E-state index in [0.717, 1.165) is 12.8 Å². The van der Waals surface area contributed by atoms with Crippen molar-refractivity contribution in [3.63, 3.8) is 0 Å². The first-order valence-electron chi connectivity index (χ1n) is 4.67. The van der Waals surface area contributed by atoms with Crippen LogP contribution in [0.3, 0.4) is 0 Å². The minimum atomic E-state index is -0.0575. The molecule has 12 heavy (non-hydrogen) atoms. The van der Waals surface area contributed by atoms with Crippen LogP contribution in [0.25, 0.3) is 0 Å². The zero-order chi connectivity index (χ0) is 9.40. The van der Waals surface area contributed by atoms with Gasteiger partial charge in [-0.3, -0.25) is 4.79 Å². The van der Waals surface area contributed by atoms with Crippen molar-refractivity contribution < 1.29 is 4.79 Å². The molecule has 1 amide bonds. The molecule has 0 aliphatic carbocycles. The van der Waals surface area contributed by atoms with Crippen molar-refractivity contribution >= 4 is 5.91 Å². The van der Waals surface area contributed by atoms with E-state index in [9.17, 15) is 4.79 Å². The summed E-state index contributed by atoms with van der Waals surface area (Å²) in [5.74, 6) is -0.0575. The van der Waals surface area contributed by atoms with Gasteiger partial charge < -0.3 is 5.32 Å². The molecule has 0 aromatic heterocycles. The van der Waals surface area contributed by atoms with Crippen molar-refractivity contribution in [2.75, 3.05) is 0 Å². The summed E-state index contributed by atoms with van der Waals surface area (Å²) in [7, 11) is 0. The van der Waals surface area contributed by atoms with Crippen molar-refractivity contribution in [3.05, 3.63) is 12.7 Å². The Morgan fingerprint density at radius 3 is 2.67 bits per heavy atom. The molecule has 0 spiro atoms. The molecule has 0 fully saturated rings. The molecular formula is C10H19NO. The summed E-state index contributed by atoms with van der Waals surface area (Å²) in [5.41, 5.74) is 0. The second kappa shape index (κ2) is 6.89. The average molecular weight is 169 g/mol. The monoisotopic (exact) mass is 169 g/mol. The Bertz CT molecular complexity index is 143. The molecule has 0 saturated heterocycles. The highest BCUT2D eigenvalue weighted by Gasteiger charge is 2.06. The Labute approximate surface area is 75.0 Å². The van der Waals surface area contributed by atoms with E-state index in [-0.39, 0.29) is 5.91 Å². The number of unbranched alkanes of at least 4 members (excludes halogenated alkanes) is 1. The lowest BCUT2D eigenvalue weighted by Gasteiger charge is -2.14. The maximum atomic E-state index is 10.9. The van der Waals surface area contributed by atoms with Crippen molar-refractivity contribution in [3.8, 4) is 0 Å². The third kappa shape index (κ3) is 4.94. The first-order chi connectivity index (χ1) is 5.74. The molecule has 0 radical (unpaired) electrons. The Balaban J connectivity index is 3.66. The maximum Gasteiger partial charge on any atom is 0.243 e. The summed E-state index contributed by atoms with van der Waals surface area (Å²) in [6.07, 6.45) is 5.76. The van der Waals surface area contributed by atoms with Crippen LogP contribution in [0.1, 0.15) is 39.5 Å². The topological polar surface area (TPSA) is 29.1 Å². The molecule has 2 nitrogen and oxygen atoms in total. The second-order valence-corrected chi connectivity index (χ2v) is 2.96. The Morgan fingerprint density at radius 2 is 2.25 bits per heavy atom. The number of hydrogen-bond acceptors (Lipinski definition) is 1. The highest BCUT2D eigenvalue weighted by Crippen LogP contribution is 2.03. The Morgan fingerprint density at radius 1 is 1.58 bits per heavy atom. The number of carbonyl (C=O) groups is 1. The van der Waals surface area contributed by atoms with Gasteiger partial charge in [-0.2, -0.15) is 0 Å². The number of hydrogen-bond donors (Lipinski definition) is 1. The molecule has 0 aromatic carbocycles. The number of nitrogens with one attached hydrogen (secondary N) is 1. The van der Waals surface area contributed by atoms with Gasteiger partial charge in [-0.25, -0.2) is 0 Å². The van der Waals surface area contributed by atoms with Crippen LogP contribution in [0.2, 0.25) is 0 Å². The molecule has 1 atom stereocenters. The van der Waals surface area contributed by atoms with Crippen LogP contribution in [0.5, 0.6) is 0 Å². The van der Waals surface area contributed by atoms with Crippen molar-refractivity contribution in [2.24, 2.45) is 0 Å². The third-order valence-corrected chi connectivity index (χ3v) is 1.93. The van der Waals surface area contributed by atoms with E-state index in [4.69, 9.17) is 0 Å². The van der Waals surface area contributed by atoms with Gasteiger partial charge in [-0.1, -0.05) is 33.3 Å². The SMILES string of the molecule is C=CC(=O)NC(CC)CCCC. The number of carbonyl (C=O) groups excluding carboxylic acids is 1. The average Bonchev–Trinajstić information content (AvgIpc) is 2.11. The highest BCUT2D eigenvalue weighted by atomic mass is 16.1. The van der Waals surface area contributed by atoms with Gasteiger partial charge in [-0.05, 0) is 18.9 Å². The van der Waals surface area contributed by atoms with E-state index in [2.05, 4.69) is 25.7 Å². The van der Waals surface area contributed by atoms with Gasteiger partial charge in [0.15, 0.2) is 0 Å². The summed E-state index contributed by atoms with van der Waals surface area (Å²) in [4.78, 5) is 10.9. The highest BCUT2D eigenvalue weighted by molar-refractivity contribution is 5.87. The van der Waals surface area contributed by atoms with E-state index in [1.807, 2.05) is 0 Å². The van der Waals surface area contributed by atoms with E-state index >= 15 is 0 Å². The lowest BCUT2D eigenvalue weighted by Crippen LogP contribution is -2.32. The maximum absolute atomic E-state index is 10.9. The Kier molecular flexibility index (Phi) is 6.44. The fourth-order valence-electron chi connectivity index (χ4n) is 1.09. The van der Waals surface area contributed by atoms with Crippen LogP contribution in [0, 0.1) is 0 Å². The summed E-state index contributed by atoms with van der Waals surface area (Å²) in [6.45, 7) is 7.66. The molecule has 0 aliphatic rings. The minimum absolute atomic E-state index is 0.0575. The molecule has 0 rings (SSSR count). The summed E-state index contributed by atoms with van der Waals surface area (Å²) >= 11 is 0. The molecule has 0 aliphatic heterocycles. The van der Waals surface area contributed by atoms with E-state index in [1.165, 1.54) is 18.9 Å². The number of rotatable bonds is 6. The zero-order valence-electron chi connectivity index (χ0n) is 8.10. The van der Waals surface area contributed by atoms with Gasteiger partial charge in [0, 0.05) is 6.04 Å². The normalized spacial score (nSPS) is 12.2. The lowest BCUT2D eigenvalue weighted by molar-refractivity contribution is -0.117. The van der Waals surface area contributed by atoms with Gasteiger partial charge >= 0.3 is 0 Å².